The molecule has 1 aliphatic rings. The SMILES string of the molecule is COCC(C)(C)c1cccc(C2CCCNC2)c1. The lowest BCUT2D eigenvalue weighted by Crippen LogP contribution is -2.29. The highest BCUT2D eigenvalue weighted by Gasteiger charge is 2.22. The number of piperidine rings is 1. The van der Waals surface area contributed by atoms with Crippen molar-refractivity contribution in [3.05, 3.63) is 35.4 Å². The molecule has 18 heavy (non-hydrogen) atoms. The monoisotopic (exact) mass is 247 g/mol. The van der Waals surface area contributed by atoms with Gasteiger partial charge in [-0.25, -0.2) is 0 Å². The van der Waals surface area contributed by atoms with Crippen molar-refractivity contribution in [1.29, 1.82) is 0 Å². The van der Waals surface area contributed by atoms with Crippen molar-refractivity contribution >= 4 is 0 Å². The molecule has 2 nitrogen and oxygen atoms in total. The Bertz CT molecular complexity index is 380. The second-order valence-corrected chi connectivity index (χ2v) is 5.99. The van der Waals surface area contributed by atoms with Gasteiger partial charge in [-0.1, -0.05) is 38.1 Å². The third kappa shape index (κ3) is 3.12. The molecule has 0 saturated carbocycles. The lowest BCUT2D eigenvalue weighted by Gasteiger charge is -2.27. The molecule has 1 unspecified atom stereocenters. The summed E-state index contributed by atoms with van der Waals surface area (Å²) in [5.41, 5.74) is 2.95. The Balaban J connectivity index is 2.18. The molecule has 0 amide bonds. The number of rotatable bonds is 4. The summed E-state index contributed by atoms with van der Waals surface area (Å²) in [5, 5.41) is 3.49. The molecular weight excluding hydrogens is 222 g/mol. The van der Waals surface area contributed by atoms with Gasteiger partial charge in [0.25, 0.3) is 0 Å². The lowest BCUT2D eigenvalue weighted by molar-refractivity contribution is 0.146. The molecule has 0 bridgehead atoms. The molecule has 1 saturated heterocycles. The molecule has 1 aromatic rings. The van der Waals surface area contributed by atoms with Crippen molar-refractivity contribution in [2.24, 2.45) is 0 Å². The van der Waals surface area contributed by atoms with E-state index in [9.17, 15) is 0 Å². The van der Waals surface area contributed by atoms with E-state index in [1.54, 1.807) is 7.11 Å². The minimum atomic E-state index is 0.0901. The maximum absolute atomic E-state index is 5.33. The van der Waals surface area contributed by atoms with Gasteiger partial charge >= 0.3 is 0 Å². The van der Waals surface area contributed by atoms with E-state index in [-0.39, 0.29) is 5.41 Å². The van der Waals surface area contributed by atoms with Gasteiger partial charge in [-0.2, -0.15) is 0 Å². The topological polar surface area (TPSA) is 21.3 Å². The van der Waals surface area contributed by atoms with Crippen LogP contribution in [0.5, 0.6) is 0 Å². The van der Waals surface area contributed by atoms with Crippen molar-refractivity contribution in [2.75, 3.05) is 26.8 Å². The Morgan fingerprint density at radius 3 is 2.89 bits per heavy atom. The molecule has 1 atom stereocenters. The minimum Gasteiger partial charge on any atom is -0.384 e. The van der Waals surface area contributed by atoms with E-state index in [1.807, 2.05) is 0 Å². The van der Waals surface area contributed by atoms with Crippen LogP contribution in [0, 0.1) is 0 Å². The van der Waals surface area contributed by atoms with Crippen LogP contribution in [0.4, 0.5) is 0 Å². The summed E-state index contributed by atoms with van der Waals surface area (Å²) >= 11 is 0. The van der Waals surface area contributed by atoms with Crippen LogP contribution >= 0.6 is 0 Å². The summed E-state index contributed by atoms with van der Waals surface area (Å²) in [5.74, 6) is 0.678. The first-order chi connectivity index (χ1) is 8.63. The third-order valence-corrected chi connectivity index (χ3v) is 3.94. The maximum atomic E-state index is 5.33. The highest BCUT2D eigenvalue weighted by Crippen LogP contribution is 2.29. The van der Waals surface area contributed by atoms with Gasteiger partial charge in [-0.05, 0) is 36.4 Å². The Kier molecular flexibility index (Phi) is 4.41. The molecule has 0 radical (unpaired) electrons. The number of hydrogen-bond donors (Lipinski definition) is 1. The van der Waals surface area contributed by atoms with Crippen LogP contribution in [0.15, 0.2) is 24.3 Å². The molecule has 0 spiro atoms. The van der Waals surface area contributed by atoms with E-state index in [1.165, 1.54) is 30.5 Å². The molecule has 0 aliphatic carbocycles. The first kappa shape index (κ1) is 13.6. The van der Waals surface area contributed by atoms with Gasteiger partial charge in [-0.15, -0.1) is 0 Å². The molecule has 100 valence electrons. The predicted octanol–water partition coefficient (Wildman–Crippen LogP) is 3.08. The quantitative estimate of drug-likeness (QED) is 0.883. The second-order valence-electron chi connectivity index (χ2n) is 5.99. The lowest BCUT2D eigenvalue weighted by atomic mass is 9.82. The largest absolute Gasteiger partial charge is 0.384 e. The van der Waals surface area contributed by atoms with Gasteiger partial charge in [0.1, 0.15) is 0 Å². The Labute approximate surface area is 111 Å². The Morgan fingerprint density at radius 2 is 2.22 bits per heavy atom. The Hall–Kier alpha value is -0.860. The van der Waals surface area contributed by atoms with Crippen LogP contribution in [0.25, 0.3) is 0 Å². The van der Waals surface area contributed by atoms with E-state index >= 15 is 0 Å². The van der Waals surface area contributed by atoms with Crippen LogP contribution in [-0.4, -0.2) is 26.8 Å². The molecule has 1 N–H and O–H groups in total. The first-order valence-electron chi connectivity index (χ1n) is 6.93. The fourth-order valence-electron chi connectivity index (χ4n) is 2.79. The van der Waals surface area contributed by atoms with E-state index < -0.39 is 0 Å². The van der Waals surface area contributed by atoms with Crippen LogP contribution in [0.2, 0.25) is 0 Å². The van der Waals surface area contributed by atoms with Crippen molar-refractivity contribution in [2.45, 2.75) is 38.0 Å². The van der Waals surface area contributed by atoms with E-state index in [2.05, 4.69) is 43.4 Å². The molecule has 1 fully saturated rings. The van der Waals surface area contributed by atoms with Crippen LogP contribution in [0.1, 0.15) is 43.7 Å². The van der Waals surface area contributed by atoms with Gasteiger partial charge in [0.15, 0.2) is 0 Å². The summed E-state index contributed by atoms with van der Waals surface area (Å²) in [4.78, 5) is 0. The van der Waals surface area contributed by atoms with Gasteiger partial charge in [0, 0.05) is 19.1 Å². The highest BCUT2D eigenvalue weighted by molar-refractivity contribution is 5.31. The van der Waals surface area contributed by atoms with Crippen molar-refractivity contribution in [1.82, 2.24) is 5.32 Å². The normalized spacial score (nSPS) is 20.9. The zero-order chi connectivity index (χ0) is 13.0. The van der Waals surface area contributed by atoms with E-state index in [0.717, 1.165) is 13.2 Å². The first-order valence-corrected chi connectivity index (χ1v) is 6.93. The molecule has 2 rings (SSSR count). The maximum Gasteiger partial charge on any atom is 0.0553 e. The van der Waals surface area contributed by atoms with E-state index in [0.29, 0.717) is 5.92 Å². The summed E-state index contributed by atoms with van der Waals surface area (Å²) < 4.78 is 5.33. The smallest absolute Gasteiger partial charge is 0.0553 e. The number of nitrogens with one attached hydrogen (secondary N) is 1. The number of methoxy groups -OCH3 is 1. The van der Waals surface area contributed by atoms with Gasteiger partial charge in [-0.3, -0.25) is 0 Å². The van der Waals surface area contributed by atoms with Crippen molar-refractivity contribution < 1.29 is 4.74 Å². The summed E-state index contributed by atoms with van der Waals surface area (Å²) in [6, 6.07) is 9.05. The molecule has 1 heterocycles. The van der Waals surface area contributed by atoms with Crippen molar-refractivity contribution in [3.8, 4) is 0 Å². The van der Waals surface area contributed by atoms with Crippen LogP contribution in [-0.2, 0) is 10.2 Å². The zero-order valence-corrected chi connectivity index (χ0v) is 11.8. The molecule has 1 aromatic carbocycles. The highest BCUT2D eigenvalue weighted by atomic mass is 16.5. The van der Waals surface area contributed by atoms with Crippen LogP contribution in [0.3, 0.4) is 0 Å². The average molecular weight is 247 g/mol. The van der Waals surface area contributed by atoms with Gasteiger partial charge in [0.2, 0.25) is 0 Å². The van der Waals surface area contributed by atoms with Crippen molar-refractivity contribution in [3.63, 3.8) is 0 Å². The van der Waals surface area contributed by atoms with Gasteiger partial charge in [0.05, 0.1) is 6.61 Å². The third-order valence-electron chi connectivity index (χ3n) is 3.94. The average Bonchev–Trinajstić information content (AvgIpc) is 2.40. The van der Waals surface area contributed by atoms with Gasteiger partial charge < -0.3 is 10.1 Å². The fraction of sp³-hybridized carbons (Fsp3) is 0.625. The Morgan fingerprint density at radius 1 is 1.39 bits per heavy atom. The summed E-state index contributed by atoms with van der Waals surface area (Å²) in [6.45, 7) is 7.54. The summed E-state index contributed by atoms with van der Waals surface area (Å²) in [7, 11) is 1.77. The summed E-state index contributed by atoms with van der Waals surface area (Å²) in [6.07, 6.45) is 2.59. The predicted molar refractivity (Wildman–Crippen MR) is 76.2 cm³/mol. The standard InChI is InChI=1S/C16H25NO/c1-16(2,12-18-3)15-8-4-6-13(10-15)14-7-5-9-17-11-14/h4,6,8,10,14,17H,5,7,9,11-12H2,1-3H3. The molecule has 0 aromatic heterocycles. The number of hydrogen-bond acceptors (Lipinski definition) is 2. The fourth-order valence-corrected chi connectivity index (χ4v) is 2.79. The number of benzene rings is 1. The van der Waals surface area contributed by atoms with E-state index in [4.69, 9.17) is 4.74 Å². The molecule has 2 heteroatoms. The van der Waals surface area contributed by atoms with Crippen LogP contribution < -0.4 is 5.32 Å². The minimum absolute atomic E-state index is 0.0901. The number of ether oxygens (including phenoxy) is 1. The second kappa shape index (κ2) is 5.85. The molecule has 1 aliphatic heterocycles. The zero-order valence-electron chi connectivity index (χ0n) is 11.8. The molecular formula is C16H25NO.